The molecule has 2 heterocycles. The molecule has 96 valence electrons. The van der Waals surface area contributed by atoms with Gasteiger partial charge in [0.25, 0.3) is 0 Å². The van der Waals surface area contributed by atoms with Crippen LogP contribution in [0.3, 0.4) is 0 Å². The Morgan fingerprint density at radius 2 is 2.06 bits per heavy atom. The van der Waals surface area contributed by atoms with E-state index in [1.54, 1.807) is 12.4 Å². The van der Waals surface area contributed by atoms with Crippen molar-refractivity contribution in [1.29, 1.82) is 0 Å². The summed E-state index contributed by atoms with van der Waals surface area (Å²) in [6.07, 6.45) is 2.85. The van der Waals surface area contributed by atoms with Crippen molar-refractivity contribution >= 4 is 17.0 Å². The molecule has 0 unspecified atom stereocenters. The Bertz CT molecular complexity index is 581. The Hall–Kier alpha value is -2.04. The number of hydrogen-bond acceptors (Lipinski definition) is 4. The normalized spacial score (nSPS) is 11.6. The Morgan fingerprint density at radius 3 is 2.67 bits per heavy atom. The zero-order valence-electron chi connectivity index (χ0n) is 10.9. The number of pyridine rings is 1. The summed E-state index contributed by atoms with van der Waals surface area (Å²) in [6, 6.07) is 3.64. The number of hydrogen-bond donors (Lipinski definition) is 0. The largest absolute Gasteiger partial charge is 0.479 e. The molecule has 5 heteroatoms. The number of rotatable bonds is 1. The van der Waals surface area contributed by atoms with Gasteiger partial charge in [0.15, 0.2) is 0 Å². The SMILES string of the molecule is COc1nccc2ccn(C(=O)OC(C)(C)C)c12. The highest BCUT2D eigenvalue weighted by Gasteiger charge is 2.20. The molecule has 0 aromatic carbocycles. The number of carbonyl (C=O) groups excluding carboxylic acids is 1. The van der Waals surface area contributed by atoms with Crippen molar-refractivity contribution < 1.29 is 14.3 Å². The fourth-order valence-electron chi connectivity index (χ4n) is 1.67. The topological polar surface area (TPSA) is 53.4 Å². The average molecular weight is 248 g/mol. The monoisotopic (exact) mass is 248 g/mol. The number of carbonyl (C=O) groups is 1. The van der Waals surface area contributed by atoms with Crippen LogP contribution in [-0.2, 0) is 4.74 Å². The Labute approximate surface area is 105 Å². The quantitative estimate of drug-likeness (QED) is 0.778. The summed E-state index contributed by atoms with van der Waals surface area (Å²) in [5.41, 5.74) is 0.0811. The van der Waals surface area contributed by atoms with E-state index >= 15 is 0 Å². The van der Waals surface area contributed by atoms with E-state index < -0.39 is 11.7 Å². The van der Waals surface area contributed by atoms with Crippen LogP contribution < -0.4 is 4.74 Å². The molecule has 0 aliphatic carbocycles. The van der Waals surface area contributed by atoms with Gasteiger partial charge in [0.2, 0.25) is 5.88 Å². The fourth-order valence-corrected chi connectivity index (χ4v) is 1.67. The van der Waals surface area contributed by atoms with Crippen LogP contribution in [0.5, 0.6) is 5.88 Å². The molecule has 0 atom stereocenters. The predicted molar refractivity (Wildman–Crippen MR) is 67.9 cm³/mol. The molecule has 5 nitrogen and oxygen atoms in total. The first-order chi connectivity index (χ1) is 8.42. The van der Waals surface area contributed by atoms with Crippen molar-refractivity contribution in [1.82, 2.24) is 9.55 Å². The number of ether oxygens (including phenoxy) is 2. The fraction of sp³-hybridized carbons (Fsp3) is 0.385. The van der Waals surface area contributed by atoms with Crippen LogP contribution in [0.1, 0.15) is 20.8 Å². The maximum absolute atomic E-state index is 12.1. The third-order valence-corrected chi connectivity index (χ3v) is 2.35. The van der Waals surface area contributed by atoms with E-state index in [2.05, 4.69) is 4.98 Å². The minimum atomic E-state index is -0.539. The van der Waals surface area contributed by atoms with Crippen LogP contribution in [0.2, 0.25) is 0 Å². The van der Waals surface area contributed by atoms with Crippen LogP contribution in [0.4, 0.5) is 4.79 Å². The van der Waals surface area contributed by atoms with Crippen LogP contribution in [0.15, 0.2) is 24.5 Å². The second-order valence-corrected chi connectivity index (χ2v) is 4.92. The van der Waals surface area contributed by atoms with Crippen LogP contribution in [0, 0.1) is 0 Å². The number of nitrogens with zero attached hydrogens (tertiary/aromatic N) is 2. The standard InChI is InChI=1S/C13H16N2O3/c1-13(2,3)18-12(16)15-8-6-9-5-7-14-11(17-4)10(9)15/h5-8H,1-4H3. The van der Waals surface area contributed by atoms with Crippen LogP contribution in [0.25, 0.3) is 10.9 Å². The van der Waals surface area contributed by atoms with Gasteiger partial charge in [-0.25, -0.2) is 14.3 Å². The van der Waals surface area contributed by atoms with Crippen molar-refractivity contribution in [2.24, 2.45) is 0 Å². The predicted octanol–water partition coefficient (Wildman–Crippen LogP) is 2.83. The molecule has 0 amide bonds. The lowest BCUT2D eigenvalue weighted by Gasteiger charge is -2.19. The number of methoxy groups -OCH3 is 1. The second kappa shape index (κ2) is 4.33. The molecule has 0 aliphatic heterocycles. The van der Waals surface area contributed by atoms with Gasteiger partial charge in [-0.05, 0) is 32.9 Å². The molecule has 0 saturated heterocycles. The first-order valence-electron chi connectivity index (χ1n) is 5.66. The molecule has 2 aromatic rings. The molecule has 0 bridgehead atoms. The molecule has 2 aromatic heterocycles. The second-order valence-electron chi connectivity index (χ2n) is 4.92. The van der Waals surface area contributed by atoms with E-state index in [1.807, 2.05) is 32.9 Å². The highest BCUT2D eigenvalue weighted by atomic mass is 16.6. The molecule has 18 heavy (non-hydrogen) atoms. The molecule has 2 rings (SSSR count). The highest BCUT2D eigenvalue weighted by molar-refractivity contribution is 5.92. The lowest BCUT2D eigenvalue weighted by atomic mass is 10.2. The summed E-state index contributed by atoms with van der Waals surface area (Å²) in [4.78, 5) is 16.1. The zero-order valence-corrected chi connectivity index (χ0v) is 10.9. The van der Waals surface area contributed by atoms with E-state index in [4.69, 9.17) is 9.47 Å². The van der Waals surface area contributed by atoms with E-state index in [0.29, 0.717) is 11.4 Å². The molecule has 0 saturated carbocycles. The first-order valence-corrected chi connectivity index (χ1v) is 5.66. The molecule has 0 aliphatic rings. The summed E-state index contributed by atoms with van der Waals surface area (Å²) in [5.74, 6) is 0.406. The van der Waals surface area contributed by atoms with E-state index in [1.165, 1.54) is 11.7 Å². The summed E-state index contributed by atoms with van der Waals surface area (Å²) >= 11 is 0. The van der Waals surface area contributed by atoms with E-state index in [0.717, 1.165) is 5.39 Å². The van der Waals surface area contributed by atoms with Gasteiger partial charge in [-0.3, -0.25) is 0 Å². The highest BCUT2D eigenvalue weighted by Crippen LogP contribution is 2.24. The van der Waals surface area contributed by atoms with E-state index in [-0.39, 0.29) is 0 Å². The Morgan fingerprint density at radius 1 is 1.33 bits per heavy atom. The van der Waals surface area contributed by atoms with Crippen molar-refractivity contribution in [3.05, 3.63) is 24.5 Å². The van der Waals surface area contributed by atoms with Crippen LogP contribution >= 0.6 is 0 Å². The number of aromatic nitrogens is 2. The van der Waals surface area contributed by atoms with Crippen molar-refractivity contribution in [2.45, 2.75) is 26.4 Å². The molecular weight excluding hydrogens is 232 g/mol. The van der Waals surface area contributed by atoms with Crippen molar-refractivity contribution in [3.63, 3.8) is 0 Å². The minimum Gasteiger partial charge on any atom is -0.479 e. The summed E-state index contributed by atoms with van der Waals surface area (Å²) < 4.78 is 11.9. The van der Waals surface area contributed by atoms with Gasteiger partial charge in [0.1, 0.15) is 11.1 Å². The van der Waals surface area contributed by atoms with Gasteiger partial charge < -0.3 is 9.47 Å². The van der Waals surface area contributed by atoms with Gasteiger partial charge in [0, 0.05) is 17.8 Å². The van der Waals surface area contributed by atoms with Gasteiger partial charge in [-0.2, -0.15) is 0 Å². The summed E-state index contributed by atoms with van der Waals surface area (Å²) in [6.45, 7) is 5.48. The lowest BCUT2D eigenvalue weighted by molar-refractivity contribution is 0.0543. The van der Waals surface area contributed by atoms with Gasteiger partial charge in [-0.15, -0.1) is 0 Å². The maximum Gasteiger partial charge on any atom is 0.419 e. The molecular formula is C13H16N2O3. The molecule has 0 N–H and O–H groups in total. The van der Waals surface area contributed by atoms with Crippen LogP contribution in [-0.4, -0.2) is 28.4 Å². The zero-order chi connectivity index (χ0) is 13.3. The molecule has 0 fully saturated rings. The van der Waals surface area contributed by atoms with E-state index in [9.17, 15) is 4.79 Å². The molecule has 0 radical (unpaired) electrons. The Balaban J connectivity index is 2.48. The minimum absolute atomic E-state index is 0.406. The third-order valence-electron chi connectivity index (χ3n) is 2.35. The number of fused-ring (bicyclic) bond motifs is 1. The van der Waals surface area contributed by atoms with Gasteiger partial charge in [0.05, 0.1) is 7.11 Å². The lowest BCUT2D eigenvalue weighted by Crippen LogP contribution is -2.26. The maximum atomic E-state index is 12.1. The van der Waals surface area contributed by atoms with Crippen molar-refractivity contribution in [2.75, 3.05) is 7.11 Å². The third kappa shape index (κ3) is 2.30. The molecule has 0 spiro atoms. The average Bonchev–Trinajstić information content (AvgIpc) is 2.70. The summed E-state index contributed by atoms with van der Waals surface area (Å²) in [5, 5.41) is 0.882. The first kappa shape index (κ1) is 12.4. The smallest absolute Gasteiger partial charge is 0.419 e. The Kier molecular flexibility index (Phi) is 2.98. The van der Waals surface area contributed by atoms with Gasteiger partial charge >= 0.3 is 6.09 Å². The summed E-state index contributed by atoms with van der Waals surface area (Å²) in [7, 11) is 1.52. The van der Waals surface area contributed by atoms with Crippen molar-refractivity contribution in [3.8, 4) is 5.88 Å². The van der Waals surface area contributed by atoms with Gasteiger partial charge in [-0.1, -0.05) is 0 Å².